The van der Waals surface area contributed by atoms with E-state index >= 15 is 0 Å². The SMILES string of the molecule is C[C@H]([C@@H](C)NCc1ccccc1OCc1ccncc1)n1cccn1. The van der Waals surface area contributed by atoms with Crippen LogP contribution in [0.5, 0.6) is 5.75 Å². The third kappa shape index (κ3) is 4.67. The predicted octanol–water partition coefficient (Wildman–Crippen LogP) is 3.60. The minimum atomic E-state index is 0.278. The Hall–Kier alpha value is -2.66. The number of nitrogens with zero attached hydrogens (tertiary/aromatic N) is 3. The fourth-order valence-corrected chi connectivity index (χ4v) is 2.62. The van der Waals surface area contributed by atoms with Gasteiger partial charge in [0.1, 0.15) is 12.4 Å². The molecule has 0 aliphatic heterocycles. The number of nitrogens with one attached hydrogen (secondary N) is 1. The van der Waals surface area contributed by atoms with E-state index in [0.717, 1.165) is 23.4 Å². The van der Waals surface area contributed by atoms with Crippen molar-refractivity contribution in [1.82, 2.24) is 20.1 Å². The summed E-state index contributed by atoms with van der Waals surface area (Å²) in [4.78, 5) is 4.03. The molecule has 1 aromatic carbocycles. The number of rotatable bonds is 8. The van der Waals surface area contributed by atoms with Gasteiger partial charge in [0, 0.05) is 42.9 Å². The van der Waals surface area contributed by atoms with E-state index in [2.05, 4.69) is 35.3 Å². The van der Waals surface area contributed by atoms with E-state index in [4.69, 9.17) is 4.74 Å². The van der Waals surface area contributed by atoms with Gasteiger partial charge in [0.05, 0.1) is 6.04 Å². The van der Waals surface area contributed by atoms with Gasteiger partial charge in [0.15, 0.2) is 0 Å². The molecule has 0 saturated carbocycles. The predicted molar refractivity (Wildman–Crippen MR) is 98.3 cm³/mol. The lowest BCUT2D eigenvalue weighted by Crippen LogP contribution is -2.33. The van der Waals surface area contributed by atoms with Gasteiger partial charge in [-0.05, 0) is 43.7 Å². The van der Waals surface area contributed by atoms with Crippen LogP contribution in [0.4, 0.5) is 0 Å². The minimum Gasteiger partial charge on any atom is -0.489 e. The van der Waals surface area contributed by atoms with Crippen molar-refractivity contribution >= 4 is 0 Å². The Labute approximate surface area is 148 Å². The molecule has 0 radical (unpaired) electrons. The highest BCUT2D eigenvalue weighted by atomic mass is 16.5. The number of benzene rings is 1. The lowest BCUT2D eigenvalue weighted by Gasteiger charge is -2.22. The molecule has 130 valence electrons. The summed E-state index contributed by atoms with van der Waals surface area (Å²) in [6, 6.07) is 14.6. The molecular formula is C20H24N4O. The van der Waals surface area contributed by atoms with Crippen molar-refractivity contribution < 1.29 is 4.74 Å². The van der Waals surface area contributed by atoms with Crippen LogP contribution in [0.25, 0.3) is 0 Å². The topological polar surface area (TPSA) is 52.0 Å². The van der Waals surface area contributed by atoms with Gasteiger partial charge in [0.2, 0.25) is 0 Å². The van der Waals surface area contributed by atoms with Crippen LogP contribution in [0.15, 0.2) is 67.3 Å². The van der Waals surface area contributed by atoms with Gasteiger partial charge in [-0.1, -0.05) is 18.2 Å². The second kappa shape index (κ2) is 8.44. The van der Waals surface area contributed by atoms with Crippen molar-refractivity contribution in [2.75, 3.05) is 0 Å². The van der Waals surface area contributed by atoms with Gasteiger partial charge in [0.25, 0.3) is 0 Å². The monoisotopic (exact) mass is 336 g/mol. The lowest BCUT2D eigenvalue weighted by molar-refractivity contribution is 0.299. The first-order valence-corrected chi connectivity index (χ1v) is 8.56. The van der Waals surface area contributed by atoms with Crippen LogP contribution in [-0.4, -0.2) is 20.8 Å². The minimum absolute atomic E-state index is 0.278. The van der Waals surface area contributed by atoms with E-state index in [0.29, 0.717) is 6.61 Å². The standard InChI is InChI=1S/C20H24N4O/c1-16(17(2)24-13-5-10-23-24)22-14-19-6-3-4-7-20(19)25-15-18-8-11-21-12-9-18/h3-13,16-17,22H,14-15H2,1-2H3/t16-,17-/m1/s1. The van der Waals surface area contributed by atoms with Gasteiger partial charge in [-0.25, -0.2) is 0 Å². The fourth-order valence-electron chi connectivity index (χ4n) is 2.62. The van der Waals surface area contributed by atoms with Crippen molar-refractivity contribution in [3.63, 3.8) is 0 Å². The molecule has 0 fully saturated rings. The maximum atomic E-state index is 6.00. The second-order valence-electron chi connectivity index (χ2n) is 6.15. The summed E-state index contributed by atoms with van der Waals surface area (Å²) in [6.07, 6.45) is 7.37. The second-order valence-corrected chi connectivity index (χ2v) is 6.15. The van der Waals surface area contributed by atoms with Crippen LogP contribution in [0, 0.1) is 0 Å². The summed E-state index contributed by atoms with van der Waals surface area (Å²) in [5, 5.41) is 7.89. The van der Waals surface area contributed by atoms with E-state index in [1.165, 1.54) is 0 Å². The molecule has 0 spiro atoms. The Bertz CT molecular complexity index is 758. The van der Waals surface area contributed by atoms with Crippen LogP contribution in [0.1, 0.15) is 31.0 Å². The molecule has 0 unspecified atom stereocenters. The average molecular weight is 336 g/mol. The van der Waals surface area contributed by atoms with Crippen LogP contribution < -0.4 is 10.1 Å². The van der Waals surface area contributed by atoms with E-state index < -0.39 is 0 Å². The molecule has 0 aliphatic carbocycles. The molecular weight excluding hydrogens is 312 g/mol. The van der Waals surface area contributed by atoms with Crippen LogP contribution in [-0.2, 0) is 13.2 Å². The third-order valence-corrected chi connectivity index (χ3v) is 4.40. The molecule has 25 heavy (non-hydrogen) atoms. The lowest BCUT2D eigenvalue weighted by atomic mass is 10.1. The van der Waals surface area contributed by atoms with Gasteiger partial charge in [-0.3, -0.25) is 9.67 Å². The molecule has 2 atom stereocenters. The van der Waals surface area contributed by atoms with E-state index in [-0.39, 0.29) is 12.1 Å². The molecule has 5 nitrogen and oxygen atoms in total. The summed E-state index contributed by atoms with van der Waals surface area (Å²) in [5.74, 6) is 0.908. The largest absolute Gasteiger partial charge is 0.489 e. The summed E-state index contributed by atoms with van der Waals surface area (Å²) in [6.45, 7) is 5.63. The van der Waals surface area contributed by atoms with Crippen LogP contribution in [0.3, 0.4) is 0 Å². The van der Waals surface area contributed by atoms with Gasteiger partial charge in [-0.15, -0.1) is 0 Å². The molecule has 3 aromatic rings. The van der Waals surface area contributed by atoms with Crippen molar-refractivity contribution in [3.05, 3.63) is 78.4 Å². The normalized spacial score (nSPS) is 13.4. The Morgan fingerprint density at radius 1 is 1.04 bits per heavy atom. The van der Waals surface area contributed by atoms with Crippen LogP contribution >= 0.6 is 0 Å². The molecule has 5 heteroatoms. The van der Waals surface area contributed by atoms with Gasteiger partial charge < -0.3 is 10.1 Å². The number of pyridine rings is 1. The number of hydrogen-bond donors (Lipinski definition) is 1. The van der Waals surface area contributed by atoms with Crippen molar-refractivity contribution in [2.24, 2.45) is 0 Å². The van der Waals surface area contributed by atoms with E-state index in [1.807, 2.05) is 53.5 Å². The van der Waals surface area contributed by atoms with E-state index in [9.17, 15) is 0 Å². The quantitative estimate of drug-likeness (QED) is 0.683. The zero-order valence-corrected chi connectivity index (χ0v) is 14.7. The molecule has 2 aromatic heterocycles. The first-order valence-electron chi connectivity index (χ1n) is 8.56. The van der Waals surface area contributed by atoms with Crippen molar-refractivity contribution in [3.8, 4) is 5.75 Å². The molecule has 0 amide bonds. The number of para-hydroxylation sites is 1. The van der Waals surface area contributed by atoms with Crippen molar-refractivity contribution in [1.29, 1.82) is 0 Å². The number of ether oxygens (including phenoxy) is 1. The highest BCUT2D eigenvalue weighted by molar-refractivity contribution is 5.33. The van der Waals surface area contributed by atoms with Gasteiger partial charge in [-0.2, -0.15) is 5.10 Å². The molecule has 1 N–H and O–H groups in total. The maximum absolute atomic E-state index is 6.00. The molecule has 2 heterocycles. The maximum Gasteiger partial charge on any atom is 0.124 e. The summed E-state index contributed by atoms with van der Waals surface area (Å²) in [5.41, 5.74) is 2.26. The zero-order valence-electron chi connectivity index (χ0n) is 14.7. The van der Waals surface area contributed by atoms with Crippen molar-refractivity contribution in [2.45, 2.75) is 39.1 Å². The Kier molecular flexibility index (Phi) is 5.80. The molecule has 0 saturated heterocycles. The fraction of sp³-hybridized carbons (Fsp3) is 0.300. The molecule has 0 bridgehead atoms. The summed E-state index contributed by atoms with van der Waals surface area (Å²) >= 11 is 0. The summed E-state index contributed by atoms with van der Waals surface area (Å²) < 4.78 is 7.98. The van der Waals surface area contributed by atoms with Gasteiger partial charge >= 0.3 is 0 Å². The first kappa shape index (κ1) is 17.2. The Morgan fingerprint density at radius 2 is 1.84 bits per heavy atom. The van der Waals surface area contributed by atoms with E-state index in [1.54, 1.807) is 12.4 Å². The highest BCUT2D eigenvalue weighted by Gasteiger charge is 2.14. The number of aromatic nitrogens is 3. The first-order chi connectivity index (χ1) is 12.2. The highest BCUT2D eigenvalue weighted by Crippen LogP contribution is 2.20. The molecule has 3 rings (SSSR count). The Morgan fingerprint density at radius 3 is 2.60 bits per heavy atom. The molecule has 0 aliphatic rings. The smallest absolute Gasteiger partial charge is 0.124 e. The number of hydrogen-bond acceptors (Lipinski definition) is 4. The van der Waals surface area contributed by atoms with Crippen LogP contribution in [0.2, 0.25) is 0 Å². The third-order valence-electron chi connectivity index (χ3n) is 4.40. The Balaban J connectivity index is 1.59. The summed E-state index contributed by atoms with van der Waals surface area (Å²) in [7, 11) is 0. The average Bonchev–Trinajstić information content (AvgIpc) is 3.20. The zero-order chi connectivity index (χ0) is 17.5.